The molecule has 0 unspecified atom stereocenters. The van der Waals surface area contributed by atoms with E-state index < -0.39 is 5.91 Å². The van der Waals surface area contributed by atoms with Crippen molar-refractivity contribution in [2.75, 3.05) is 0 Å². The highest BCUT2D eigenvalue weighted by Crippen LogP contribution is 2.04. The molecule has 0 aliphatic rings. The van der Waals surface area contributed by atoms with E-state index >= 15 is 0 Å². The molecule has 0 aliphatic carbocycles. The van der Waals surface area contributed by atoms with Gasteiger partial charge in [-0.3, -0.25) is 4.79 Å². The summed E-state index contributed by atoms with van der Waals surface area (Å²) in [6.45, 7) is 2.03. The number of aryl methyl sites for hydroxylation is 1. The first-order chi connectivity index (χ1) is 5.24. The molecule has 1 amide bonds. The highest BCUT2D eigenvalue weighted by Gasteiger charge is 2.06. The van der Waals surface area contributed by atoms with Crippen LogP contribution in [-0.2, 0) is 6.42 Å². The van der Waals surface area contributed by atoms with Crippen molar-refractivity contribution in [1.29, 1.82) is 0 Å². The molecule has 0 spiro atoms. The summed E-state index contributed by atoms with van der Waals surface area (Å²) in [7, 11) is 0. The van der Waals surface area contributed by atoms with Crippen LogP contribution in [0.3, 0.4) is 0 Å². The van der Waals surface area contributed by atoms with Crippen LogP contribution in [-0.4, -0.2) is 15.3 Å². The Bertz CT molecular complexity index is 258. The summed E-state index contributed by atoms with van der Waals surface area (Å²) in [4.78, 5) is 14.5. The molecule has 0 bridgehead atoms. The average molecular weight is 171 g/mol. The lowest BCUT2D eigenvalue weighted by Crippen LogP contribution is -2.10. The molecule has 0 fully saturated rings. The van der Waals surface area contributed by atoms with Gasteiger partial charge in [0, 0.05) is 6.42 Å². The van der Waals surface area contributed by atoms with Gasteiger partial charge in [-0.05, 0) is 18.0 Å². The van der Waals surface area contributed by atoms with Gasteiger partial charge in [-0.1, -0.05) is 6.92 Å². The zero-order valence-electron chi connectivity index (χ0n) is 6.20. The zero-order valence-corrected chi connectivity index (χ0v) is 7.02. The van der Waals surface area contributed by atoms with Gasteiger partial charge in [-0.15, -0.1) is 0 Å². The molecule has 11 heavy (non-hydrogen) atoms. The highest BCUT2D eigenvalue weighted by molar-refractivity contribution is 7.07. The van der Waals surface area contributed by atoms with Crippen LogP contribution < -0.4 is 5.73 Å². The van der Waals surface area contributed by atoms with Crippen molar-refractivity contribution in [3.8, 4) is 0 Å². The average Bonchev–Trinajstić information content (AvgIpc) is 2.37. The van der Waals surface area contributed by atoms with Gasteiger partial charge in [0.05, 0.1) is 0 Å². The summed E-state index contributed by atoms with van der Waals surface area (Å²) < 4.78 is 3.96. The summed E-state index contributed by atoms with van der Waals surface area (Å²) in [6.07, 6.45) is 1.79. The largest absolute Gasteiger partial charge is 0.363 e. The number of nitrogens with two attached hydrogens (primary N) is 1. The Kier molecular flexibility index (Phi) is 2.53. The highest BCUT2D eigenvalue weighted by atomic mass is 32.1. The van der Waals surface area contributed by atoms with E-state index in [2.05, 4.69) is 9.36 Å². The van der Waals surface area contributed by atoms with Crippen molar-refractivity contribution < 1.29 is 4.79 Å². The number of hydrogen-bond acceptors (Lipinski definition) is 4. The number of rotatable bonds is 3. The summed E-state index contributed by atoms with van der Waals surface area (Å²) in [6, 6.07) is 0. The molecular formula is C6H9N3OS. The van der Waals surface area contributed by atoms with Gasteiger partial charge in [0.25, 0.3) is 5.91 Å². The van der Waals surface area contributed by atoms with E-state index in [4.69, 9.17) is 5.73 Å². The maximum atomic E-state index is 10.5. The molecule has 0 saturated carbocycles. The maximum Gasteiger partial charge on any atom is 0.279 e. The number of amides is 1. The molecular weight excluding hydrogens is 162 g/mol. The fraction of sp³-hybridized carbons (Fsp3) is 0.500. The van der Waals surface area contributed by atoms with Crippen molar-refractivity contribution in [3.63, 3.8) is 0 Å². The third kappa shape index (κ3) is 1.98. The Balaban J connectivity index is 2.73. The number of carbonyl (C=O) groups is 1. The van der Waals surface area contributed by atoms with Gasteiger partial charge in [0.15, 0.2) is 0 Å². The van der Waals surface area contributed by atoms with Crippen molar-refractivity contribution in [3.05, 3.63) is 10.8 Å². The van der Waals surface area contributed by atoms with E-state index in [0.717, 1.165) is 24.4 Å². The number of hydrogen-bond donors (Lipinski definition) is 1. The van der Waals surface area contributed by atoms with E-state index in [1.54, 1.807) is 0 Å². The fourth-order valence-electron chi connectivity index (χ4n) is 0.679. The molecule has 0 saturated heterocycles. The third-order valence-corrected chi connectivity index (χ3v) is 1.92. The third-order valence-electron chi connectivity index (χ3n) is 1.15. The lowest BCUT2D eigenvalue weighted by atomic mass is 10.3. The summed E-state index contributed by atoms with van der Waals surface area (Å²) in [5.41, 5.74) is 4.99. The second-order valence-electron chi connectivity index (χ2n) is 2.13. The van der Waals surface area contributed by atoms with Crippen LogP contribution in [0.4, 0.5) is 0 Å². The van der Waals surface area contributed by atoms with E-state index in [1.807, 2.05) is 6.92 Å². The van der Waals surface area contributed by atoms with Gasteiger partial charge in [-0.25, -0.2) is 4.98 Å². The summed E-state index contributed by atoms with van der Waals surface area (Å²) >= 11 is 1.06. The molecule has 1 aromatic rings. The van der Waals surface area contributed by atoms with Crippen LogP contribution >= 0.6 is 11.5 Å². The number of aromatic nitrogens is 2. The second-order valence-corrected chi connectivity index (χ2v) is 2.88. The van der Waals surface area contributed by atoms with Gasteiger partial charge in [0.2, 0.25) is 5.01 Å². The maximum absolute atomic E-state index is 10.5. The standard InChI is InChI=1S/C6H9N3OS/c1-2-3-4-8-6(5(7)10)11-9-4/h2-3H2,1H3,(H2,7,10). The quantitative estimate of drug-likeness (QED) is 0.723. The van der Waals surface area contributed by atoms with Gasteiger partial charge >= 0.3 is 0 Å². The zero-order chi connectivity index (χ0) is 8.27. The van der Waals surface area contributed by atoms with Crippen molar-refractivity contribution >= 4 is 17.4 Å². The monoisotopic (exact) mass is 171 g/mol. The van der Waals surface area contributed by atoms with Crippen LogP contribution in [0.15, 0.2) is 0 Å². The number of nitrogens with zero attached hydrogens (tertiary/aromatic N) is 2. The van der Waals surface area contributed by atoms with Crippen LogP contribution in [0.25, 0.3) is 0 Å². The van der Waals surface area contributed by atoms with Crippen LogP contribution in [0.5, 0.6) is 0 Å². The summed E-state index contributed by atoms with van der Waals surface area (Å²) in [5, 5.41) is 0.299. The number of primary amides is 1. The number of carbonyl (C=O) groups excluding carboxylic acids is 1. The lowest BCUT2D eigenvalue weighted by Gasteiger charge is -1.84. The van der Waals surface area contributed by atoms with E-state index in [0.29, 0.717) is 10.8 Å². The first-order valence-electron chi connectivity index (χ1n) is 3.36. The van der Waals surface area contributed by atoms with E-state index in [-0.39, 0.29) is 0 Å². The van der Waals surface area contributed by atoms with Gasteiger partial charge in [0.1, 0.15) is 5.82 Å². The van der Waals surface area contributed by atoms with Crippen LogP contribution in [0.2, 0.25) is 0 Å². The molecule has 1 aromatic heterocycles. The topological polar surface area (TPSA) is 68.9 Å². The molecule has 1 heterocycles. The van der Waals surface area contributed by atoms with Gasteiger partial charge < -0.3 is 5.73 Å². The van der Waals surface area contributed by atoms with Gasteiger partial charge in [-0.2, -0.15) is 4.37 Å². The predicted octanol–water partition coefficient (Wildman–Crippen LogP) is 0.590. The Labute approximate surface area is 68.6 Å². The first-order valence-corrected chi connectivity index (χ1v) is 4.13. The summed E-state index contributed by atoms with van der Waals surface area (Å²) in [5.74, 6) is 0.219. The molecule has 1 rings (SSSR count). The molecule has 0 aromatic carbocycles. The molecule has 2 N–H and O–H groups in total. The minimum Gasteiger partial charge on any atom is -0.363 e. The van der Waals surface area contributed by atoms with Crippen molar-refractivity contribution in [2.45, 2.75) is 19.8 Å². The lowest BCUT2D eigenvalue weighted by molar-refractivity contribution is 0.1000. The molecule has 0 radical (unpaired) electrons. The van der Waals surface area contributed by atoms with Crippen molar-refractivity contribution in [1.82, 2.24) is 9.36 Å². The molecule has 0 atom stereocenters. The Morgan fingerprint density at radius 2 is 2.45 bits per heavy atom. The molecule has 0 aliphatic heterocycles. The Hall–Kier alpha value is -0.970. The van der Waals surface area contributed by atoms with E-state index in [9.17, 15) is 4.79 Å². The normalized spacial score (nSPS) is 9.91. The van der Waals surface area contributed by atoms with Crippen molar-refractivity contribution in [2.24, 2.45) is 5.73 Å². The first kappa shape index (κ1) is 8.13. The predicted molar refractivity (Wildman–Crippen MR) is 42.4 cm³/mol. The Morgan fingerprint density at radius 1 is 1.73 bits per heavy atom. The smallest absolute Gasteiger partial charge is 0.279 e. The SMILES string of the molecule is CCCc1nsc(C(N)=O)n1. The Morgan fingerprint density at radius 3 is 2.91 bits per heavy atom. The van der Waals surface area contributed by atoms with E-state index in [1.165, 1.54) is 0 Å². The molecule has 60 valence electrons. The second kappa shape index (κ2) is 3.43. The van der Waals surface area contributed by atoms with Crippen LogP contribution in [0, 0.1) is 0 Å². The minimum absolute atomic E-state index is 0.299. The minimum atomic E-state index is -0.496. The fourth-order valence-corrected chi connectivity index (χ4v) is 1.24. The van der Waals surface area contributed by atoms with Crippen LogP contribution in [0.1, 0.15) is 29.0 Å². The molecule has 5 heteroatoms. The molecule has 4 nitrogen and oxygen atoms in total.